The number of nitrogens with one attached hydrogen (secondary N) is 1. The van der Waals surface area contributed by atoms with Gasteiger partial charge in [-0.05, 0) is 103 Å². The van der Waals surface area contributed by atoms with E-state index in [0.29, 0.717) is 19.3 Å². The van der Waals surface area contributed by atoms with Crippen LogP contribution in [0.4, 0.5) is 0 Å². The molecule has 0 bridgehead atoms. The van der Waals surface area contributed by atoms with Crippen molar-refractivity contribution in [3.8, 4) is 0 Å². The molecule has 0 saturated carbocycles. The summed E-state index contributed by atoms with van der Waals surface area (Å²) in [6, 6.07) is -0.731. The minimum Gasteiger partial charge on any atom is -0.462 e. The maximum Gasteiger partial charge on any atom is 0.306 e. The third-order valence-electron chi connectivity index (χ3n) is 11.4. The lowest BCUT2D eigenvalue weighted by molar-refractivity contribution is -0.151. The van der Waals surface area contributed by atoms with Gasteiger partial charge in [-0.1, -0.05) is 214 Å². The highest BCUT2D eigenvalue weighted by Crippen LogP contribution is 2.16. The zero-order valence-electron chi connectivity index (χ0n) is 41.6. The fourth-order valence-corrected chi connectivity index (χ4v) is 7.41. The predicted octanol–water partition coefficient (Wildman–Crippen LogP) is 16.1. The van der Waals surface area contributed by atoms with Gasteiger partial charge in [0.2, 0.25) is 5.91 Å². The van der Waals surface area contributed by atoms with E-state index in [9.17, 15) is 19.8 Å². The molecule has 0 aliphatic heterocycles. The molecule has 3 atom stereocenters. The number of ether oxygens (including phenoxy) is 1. The second-order valence-electron chi connectivity index (χ2n) is 17.5. The van der Waals surface area contributed by atoms with Crippen molar-refractivity contribution in [2.24, 2.45) is 0 Å². The van der Waals surface area contributed by atoms with Crippen LogP contribution in [0.5, 0.6) is 0 Å². The number of hydrogen-bond donors (Lipinski definition) is 3. The average molecular weight is 890 g/mol. The Kier molecular flexibility index (Phi) is 48.2. The van der Waals surface area contributed by atoms with Crippen LogP contribution < -0.4 is 5.32 Å². The Balaban J connectivity index is 4.77. The molecule has 366 valence electrons. The van der Waals surface area contributed by atoms with Crippen LogP contribution in [0.15, 0.2) is 97.2 Å². The molecule has 0 aromatic rings. The summed E-state index contributed by atoms with van der Waals surface area (Å²) in [7, 11) is 0. The van der Waals surface area contributed by atoms with Crippen LogP contribution in [0.3, 0.4) is 0 Å². The topological polar surface area (TPSA) is 95.9 Å². The van der Waals surface area contributed by atoms with Crippen molar-refractivity contribution in [3.63, 3.8) is 0 Å². The molecule has 1 amide bonds. The Morgan fingerprint density at radius 2 is 0.859 bits per heavy atom. The molecular formula is C58H99NO5. The Hall–Kier alpha value is -3.22. The van der Waals surface area contributed by atoms with Gasteiger partial charge in [0.15, 0.2) is 0 Å². The summed E-state index contributed by atoms with van der Waals surface area (Å²) >= 11 is 0. The number of amides is 1. The van der Waals surface area contributed by atoms with Gasteiger partial charge < -0.3 is 20.3 Å². The van der Waals surface area contributed by atoms with Crippen molar-refractivity contribution in [1.29, 1.82) is 0 Å². The zero-order chi connectivity index (χ0) is 46.7. The fraction of sp³-hybridized carbons (Fsp3) is 0.690. The van der Waals surface area contributed by atoms with Crippen molar-refractivity contribution in [2.75, 3.05) is 6.61 Å². The smallest absolute Gasteiger partial charge is 0.306 e. The number of aliphatic hydroxyl groups is 2. The molecule has 64 heavy (non-hydrogen) atoms. The second kappa shape index (κ2) is 50.8. The maximum atomic E-state index is 13.2. The van der Waals surface area contributed by atoms with E-state index in [1.165, 1.54) is 83.5 Å². The van der Waals surface area contributed by atoms with Crippen LogP contribution in [-0.4, -0.2) is 46.9 Å². The SMILES string of the molecule is CC/C=C/C/C=C/C/C=C/C/C=C/CCCCCC(=O)OC(CCC/C=C\C/C=C\C/C=C\C/C=C\CCCCC)CC(=O)NC(CO)C(O)CCCCCCCCCCCCCC. The first kappa shape index (κ1) is 60.8. The zero-order valence-corrected chi connectivity index (χ0v) is 41.6. The number of rotatable bonds is 46. The molecule has 6 nitrogen and oxygen atoms in total. The largest absolute Gasteiger partial charge is 0.462 e. The van der Waals surface area contributed by atoms with Gasteiger partial charge in [-0.25, -0.2) is 0 Å². The number of unbranched alkanes of at least 4 members (excludes halogenated alkanes) is 18. The third-order valence-corrected chi connectivity index (χ3v) is 11.4. The van der Waals surface area contributed by atoms with Crippen molar-refractivity contribution >= 4 is 11.9 Å². The standard InChI is InChI=1S/C58H99NO5/c1-4-7-10-13-16-19-22-25-27-29-30-32-34-37-40-43-46-49-54(64-58(63)51-48-45-42-39-36-33-31-28-26-23-20-17-14-11-8-5-2)52-57(62)59-55(53-60)56(61)50-47-44-41-38-35-24-21-18-15-12-9-6-3/h8,11,16-17,19-20,25-28,30,32-33,36-37,40,54-56,60-61H,4-7,9-10,12-15,18,21-24,29,31,34-35,38-39,41-53H2,1-3H3,(H,59,62)/b11-8+,19-16-,20-17+,27-25-,28-26+,32-30-,36-33+,40-37-. The van der Waals surface area contributed by atoms with Gasteiger partial charge in [0.1, 0.15) is 6.10 Å². The summed E-state index contributed by atoms with van der Waals surface area (Å²) in [5, 5.41) is 23.8. The van der Waals surface area contributed by atoms with E-state index in [0.717, 1.165) is 103 Å². The van der Waals surface area contributed by atoms with E-state index in [4.69, 9.17) is 4.74 Å². The van der Waals surface area contributed by atoms with Crippen LogP contribution in [0, 0.1) is 0 Å². The molecule has 0 spiro atoms. The minimum atomic E-state index is -0.813. The molecule has 0 aromatic heterocycles. The minimum absolute atomic E-state index is 0.0218. The summed E-state index contributed by atoms with van der Waals surface area (Å²) in [5.74, 6) is -0.571. The van der Waals surface area contributed by atoms with Crippen LogP contribution in [0.2, 0.25) is 0 Å². The van der Waals surface area contributed by atoms with Crippen LogP contribution >= 0.6 is 0 Å². The normalized spacial score (nSPS) is 14.0. The lowest BCUT2D eigenvalue weighted by atomic mass is 10.0. The Morgan fingerprint density at radius 3 is 1.33 bits per heavy atom. The van der Waals surface area contributed by atoms with Crippen molar-refractivity contribution < 1.29 is 24.5 Å². The summed E-state index contributed by atoms with van der Waals surface area (Å²) < 4.78 is 5.90. The van der Waals surface area contributed by atoms with Gasteiger partial charge in [-0.15, -0.1) is 0 Å². The number of carbonyl (C=O) groups excluding carboxylic acids is 2. The molecule has 3 N–H and O–H groups in total. The maximum absolute atomic E-state index is 13.2. The van der Waals surface area contributed by atoms with Crippen LogP contribution in [0.25, 0.3) is 0 Å². The summed E-state index contributed by atoms with van der Waals surface area (Å²) in [6.07, 6.45) is 67.5. The highest BCUT2D eigenvalue weighted by Gasteiger charge is 2.24. The molecule has 0 aliphatic carbocycles. The average Bonchev–Trinajstić information content (AvgIpc) is 3.29. The number of aliphatic hydroxyl groups excluding tert-OH is 2. The van der Waals surface area contributed by atoms with E-state index < -0.39 is 18.2 Å². The van der Waals surface area contributed by atoms with E-state index in [-0.39, 0.29) is 24.9 Å². The number of esters is 1. The molecule has 0 heterocycles. The van der Waals surface area contributed by atoms with Crippen molar-refractivity contribution in [3.05, 3.63) is 97.2 Å². The quantitative estimate of drug-likeness (QED) is 0.0321. The molecule has 0 aromatic carbocycles. The monoisotopic (exact) mass is 890 g/mol. The summed E-state index contributed by atoms with van der Waals surface area (Å²) in [5.41, 5.74) is 0. The number of allylic oxidation sites excluding steroid dienone is 16. The third kappa shape index (κ3) is 45.4. The van der Waals surface area contributed by atoms with E-state index in [1.54, 1.807) is 0 Å². The predicted molar refractivity (Wildman–Crippen MR) is 277 cm³/mol. The van der Waals surface area contributed by atoms with E-state index in [1.807, 2.05) is 0 Å². The Labute approximate surface area is 395 Å². The van der Waals surface area contributed by atoms with E-state index in [2.05, 4.69) is 123 Å². The molecule has 6 heteroatoms. The fourth-order valence-electron chi connectivity index (χ4n) is 7.41. The first-order valence-electron chi connectivity index (χ1n) is 26.5. The van der Waals surface area contributed by atoms with Gasteiger partial charge in [0, 0.05) is 6.42 Å². The second-order valence-corrected chi connectivity index (χ2v) is 17.5. The lowest BCUT2D eigenvalue weighted by Crippen LogP contribution is -2.46. The number of hydrogen-bond acceptors (Lipinski definition) is 5. The summed E-state index contributed by atoms with van der Waals surface area (Å²) in [4.78, 5) is 26.2. The molecule has 0 fully saturated rings. The van der Waals surface area contributed by atoms with Gasteiger partial charge in [0.25, 0.3) is 0 Å². The van der Waals surface area contributed by atoms with Gasteiger partial charge in [-0.3, -0.25) is 9.59 Å². The van der Waals surface area contributed by atoms with Crippen LogP contribution in [-0.2, 0) is 14.3 Å². The van der Waals surface area contributed by atoms with Gasteiger partial charge in [-0.2, -0.15) is 0 Å². The van der Waals surface area contributed by atoms with Gasteiger partial charge >= 0.3 is 5.97 Å². The molecule has 3 unspecified atom stereocenters. The van der Waals surface area contributed by atoms with Crippen LogP contribution in [0.1, 0.15) is 233 Å². The highest BCUT2D eigenvalue weighted by atomic mass is 16.5. The van der Waals surface area contributed by atoms with Crippen molar-refractivity contribution in [1.82, 2.24) is 5.32 Å². The summed E-state index contributed by atoms with van der Waals surface area (Å²) in [6.45, 7) is 6.31. The Morgan fingerprint density at radius 1 is 0.469 bits per heavy atom. The lowest BCUT2D eigenvalue weighted by Gasteiger charge is -2.24. The molecule has 0 radical (unpaired) electrons. The Bertz CT molecular complexity index is 1270. The van der Waals surface area contributed by atoms with Crippen molar-refractivity contribution in [2.45, 2.75) is 251 Å². The number of carbonyl (C=O) groups is 2. The molecular weight excluding hydrogens is 791 g/mol. The molecule has 0 rings (SSSR count). The molecule has 0 saturated heterocycles. The highest BCUT2D eigenvalue weighted by molar-refractivity contribution is 5.77. The first-order valence-corrected chi connectivity index (χ1v) is 26.5. The van der Waals surface area contributed by atoms with Gasteiger partial charge in [0.05, 0.1) is 25.2 Å². The first-order chi connectivity index (χ1) is 31.5. The molecule has 0 aliphatic rings. The van der Waals surface area contributed by atoms with E-state index >= 15 is 0 Å².